The van der Waals surface area contributed by atoms with Gasteiger partial charge in [-0.3, -0.25) is 4.98 Å². The summed E-state index contributed by atoms with van der Waals surface area (Å²) in [5, 5.41) is 1.11. The van der Waals surface area contributed by atoms with Gasteiger partial charge in [0.05, 0.1) is 25.8 Å². The fourth-order valence-electron chi connectivity index (χ4n) is 2.99. The maximum atomic E-state index is 6.13. The molecule has 0 N–H and O–H groups in total. The lowest BCUT2D eigenvalue weighted by atomic mass is 10.1. The molecule has 4 heteroatoms. The van der Waals surface area contributed by atoms with E-state index in [9.17, 15) is 0 Å². The monoisotopic (exact) mass is 301 g/mol. The van der Waals surface area contributed by atoms with E-state index in [4.69, 9.17) is 9.47 Å². The first-order valence-corrected chi connectivity index (χ1v) is 7.98. The minimum Gasteiger partial charge on any atom is -0.487 e. The normalized spacial score (nSPS) is 17.6. The van der Waals surface area contributed by atoms with Crippen molar-refractivity contribution in [2.45, 2.75) is 13.8 Å². The molecule has 1 aromatic carbocycles. The summed E-state index contributed by atoms with van der Waals surface area (Å²) in [5.41, 5.74) is 3.24. The third kappa shape index (κ3) is 3.23. The maximum Gasteiger partial charge on any atom is 0.137 e. The van der Waals surface area contributed by atoms with E-state index in [1.54, 1.807) is 0 Å². The minimum atomic E-state index is 0.725. The van der Waals surface area contributed by atoms with Gasteiger partial charge in [-0.2, -0.15) is 0 Å². The lowest BCUT2D eigenvalue weighted by molar-refractivity contribution is -0.916. The van der Waals surface area contributed by atoms with E-state index in [0.29, 0.717) is 0 Å². The van der Waals surface area contributed by atoms with Crippen molar-refractivity contribution in [3.63, 3.8) is 0 Å². The molecule has 1 aliphatic heterocycles. The summed E-state index contributed by atoms with van der Waals surface area (Å²) >= 11 is 0. The molecule has 0 aliphatic carbocycles. The molecule has 0 radical (unpaired) electrons. The number of quaternary nitrogens is 1. The average Bonchev–Trinajstić information content (AvgIpc) is 2.49. The molecule has 0 bridgehead atoms. The number of hydrogen-bond donors (Lipinski definition) is 0. The first-order chi connectivity index (χ1) is 10.6. The van der Waals surface area contributed by atoms with Gasteiger partial charge in [0.15, 0.2) is 0 Å². The van der Waals surface area contributed by atoms with Crippen LogP contribution in [0.25, 0.3) is 10.9 Å². The molecule has 0 unspecified atom stereocenters. The lowest BCUT2D eigenvalue weighted by Crippen LogP contribution is -2.53. The summed E-state index contributed by atoms with van der Waals surface area (Å²) in [7, 11) is 2.28. The molecule has 2 aromatic rings. The smallest absolute Gasteiger partial charge is 0.137 e. The molecule has 0 atom stereocenters. The van der Waals surface area contributed by atoms with Crippen molar-refractivity contribution in [3.8, 4) is 5.75 Å². The van der Waals surface area contributed by atoms with Crippen molar-refractivity contribution in [1.82, 2.24) is 4.98 Å². The Morgan fingerprint density at radius 2 is 2.00 bits per heavy atom. The van der Waals surface area contributed by atoms with E-state index in [-0.39, 0.29) is 0 Å². The number of aryl methyl sites for hydroxylation is 2. The summed E-state index contributed by atoms with van der Waals surface area (Å²) in [6.07, 6.45) is 0. The predicted octanol–water partition coefficient (Wildman–Crippen LogP) is 2.71. The van der Waals surface area contributed by atoms with Gasteiger partial charge in [0.2, 0.25) is 0 Å². The maximum absolute atomic E-state index is 6.13. The highest BCUT2D eigenvalue weighted by atomic mass is 16.5. The molecule has 1 aliphatic rings. The Morgan fingerprint density at radius 3 is 2.77 bits per heavy atom. The highest BCUT2D eigenvalue weighted by Gasteiger charge is 2.25. The summed E-state index contributed by atoms with van der Waals surface area (Å²) < 4.78 is 12.6. The molecular weight excluding hydrogens is 276 g/mol. The van der Waals surface area contributed by atoms with Crippen LogP contribution in [0.1, 0.15) is 11.3 Å². The van der Waals surface area contributed by atoms with Gasteiger partial charge in [0, 0.05) is 17.1 Å². The first-order valence-electron chi connectivity index (χ1n) is 7.98. The van der Waals surface area contributed by atoms with Crippen LogP contribution in [0.4, 0.5) is 0 Å². The van der Waals surface area contributed by atoms with Crippen LogP contribution in [-0.4, -0.2) is 56.0 Å². The van der Waals surface area contributed by atoms with Crippen LogP contribution in [0, 0.1) is 13.8 Å². The van der Waals surface area contributed by atoms with Crippen molar-refractivity contribution in [2.24, 2.45) is 0 Å². The zero-order chi connectivity index (χ0) is 15.6. The Morgan fingerprint density at radius 1 is 1.23 bits per heavy atom. The number of rotatable bonds is 4. The number of aromatic nitrogens is 1. The third-order valence-electron chi connectivity index (χ3n) is 4.57. The molecule has 1 fully saturated rings. The Labute approximate surface area is 132 Å². The number of para-hydroxylation sites is 1. The highest BCUT2D eigenvalue weighted by molar-refractivity contribution is 5.87. The van der Waals surface area contributed by atoms with E-state index in [2.05, 4.69) is 37.2 Å². The molecule has 0 saturated carbocycles. The zero-order valence-corrected chi connectivity index (χ0v) is 13.8. The lowest BCUT2D eigenvalue weighted by Gasteiger charge is -2.37. The number of hydrogen-bond acceptors (Lipinski definition) is 3. The van der Waals surface area contributed by atoms with Crippen LogP contribution in [0.2, 0.25) is 0 Å². The Kier molecular flexibility index (Phi) is 4.32. The van der Waals surface area contributed by atoms with E-state index >= 15 is 0 Å². The first kappa shape index (κ1) is 15.3. The number of nitrogens with zero attached hydrogens (tertiary/aromatic N) is 2. The Hall–Kier alpha value is -1.65. The molecular formula is C18H25N2O2+. The number of pyridine rings is 1. The predicted molar refractivity (Wildman–Crippen MR) is 88.3 cm³/mol. The van der Waals surface area contributed by atoms with Gasteiger partial charge in [0.25, 0.3) is 0 Å². The Bertz CT molecular complexity index is 663. The van der Waals surface area contributed by atoms with Crippen LogP contribution in [0.3, 0.4) is 0 Å². The molecule has 22 heavy (non-hydrogen) atoms. The van der Waals surface area contributed by atoms with Gasteiger partial charge in [-0.25, -0.2) is 0 Å². The van der Waals surface area contributed by atoms with Gasteiger partial charge in [0.1, 0.15) is 32.0 Å². The molecule has 3 rings (SSSR count). The van der Waals surface area contributed by atoms with Crippen LogP contribution in [0.5, 0.6) is 5.75 Å². The fourth-order valence-corrected chi connectivity index (χ4v) is 2.99. The standard InChI is InChI=1S/C18H25N2O2/c1-14-5-4-6-16-17(13-15(2)19-18(14)16)22-12-9-20(3)7-10-21-11-8-20/h4-6,13H,7-12H2,1-3H3/q+1. The van der Waals surface area contributed by atoms with Crippen molar-refractivity contribution in [2.75, 3.05) is 46.5 Å². The SMILES string of the molecule is Cc1cc(OCC[N+]2(C)CCOCC2)c2cccc(C)c2n1. The van der Waals surface area contributed by atoms with E-state index in [0.717, 1.165) is 66.3 Å². The van der Waals surface area contributed by atoms with Crippen molar-refractivity contribution in [3.05, 3.63) is 35.5 Å². The second-order valence-electron chi connectivity index (χ2n) is 6.48. The fraction of sp³-hybridized carbons (Fsp3) is 0.500. The van der Waals surface area contributed by atoms with Gasteiger partial charge >= 0.3 is 0 Å². The van der Waals surface area contributed by atoms with Crippen molar-refractivity contribution < 1.29 is 14.0 Å². The van der Waals surface area contributed by atoms with Gasteiger partial charge in [-0.15, -0.1) is 0 Å². The molecule has 2 heterocycles. The molecule has 118 valence electrons. The number of benzene rings is 1. The topological polar surface area (TPSA) is 31.4 Å². The number of likely N-dealkylation sites (N-methyl/N-ethyl adjacent to an activating group) is 1. The van der Waals surface area contributed by atoms with E-state index in [1.165, 1.54) is 5.56 Å². The number of ether oxygens (including phenoxy) is 2. The quantitative estimate of drug-likeness (QED) is 0.814. The minimum absolute atomic E-state index is 0.725. The largest absolute Gasteiger partial charge is 0.487 e. The second kappa shape index (κ2) is 6.23. The van der Waals surface area contributed by atoms with Crippen molar-refractivity contribution >= 4 is 10.9 Å². The van der Waals surface area contributed by atoms with Crippen LogP contribution in [-0.2, 0) is 4.74 Å². The van der Waals surface area contributed by atoms with Crippen LogP contribution >= 0.6 is 0 Å². The molecule has 0 amide bonds. The second-order valence-corrected chi connectivity index (χ2v) is 6.48. The molecule has 4 nitrogen and oxygen atoms in total. The highest BCUT2D eigenvalue weighted by Crippen LogP contribution is 2.27. The zero-order valence-electron chi connectivity index (χ0n) is 13.8. The van der Waals surface area contributed by atoms with Gasteiger partial charge < -0.3 is 14.0 Å². The summed E-state index contributed by atoms with van der Waals surface area (Å²) in [4.78, 5) is 4.65. The van der Waals surface area contributed by atoms with E-state index < -0.39 is 0 Å². The molecule has 1 aromatic heterocycles. The van der Waals surface area contributed by atoms with Crippen LogP contribution in [0.15, 0.2) is 24.3 Å². The Balaban J connectivity index is 1.75. The third-order valence-corrected chi connectivity index (χ3v) is 4.57. The van der Waals surface area contributed by atoms with Gasteiger partial charge in [-0.1, -0.05) is 12.1 Å². The molecule has 1 saturated heterocycles. The van der Waals surface area contributed by atoms with Gasteiger partial charge in [-0.05, 0) is 25.5 Å². The van der Waals surface area contributed by atoms with Crippen molar-refractivity contribution in [1.29, 1.82) is 0 Å². The summed E-state index contributed by atoms with van der Waals surface area (Å²) in [6, 6.07) is 8.30. The van der Waals surface area contributed by atoms with E-state index in [1.807, 2.05) is 13.0 Å². The molecule has 0 spiro atoms. The number of morpholine rings is 1. The van der Waals surface area contributed by atoms with Crippen LogP contribution < -0.4 is 4.74 Å². The average molecular weight is 301 g/mol. The summed E-state index contributed by atoms with van der Waals surface area (Å²) in [6.45, 7) is 9.70. The summed E-state index contributed by atoms with van der Waals surface area (Å²) in [5.74, 6) is 0.950. The number of fused-ring (bicyclic) bond motifs is 1.